The number of amides is 2. The van der Waals surface area contributed by atoms with E-state index in [-0.39, 0.29) is 17.2 Å². The van der Waals surface area contributed by atoms with Crippen LogP contribution in [-0.4, -0.2) is 40.4 Å². The zero-order valence-electron chi connectivity index (χ0n) is 15.8. The number of likely N-dealkylation sites (N-methyl/N-ethyl adjacent to an activating group) is 1. The van der Waals surface area contributed by atoms with Crippen molar-refractivity contribution in [2.45, 2.75) is 6.42 Å². The second kappa shape index (κ2) is 9.21. The molecule has 29 heavy (non-hydrogen) atoms. The van der Waals surface area contributed by atoms with Crippen LogP contribution in [0.5, 0.6) is 5.75 Å². The van der Waals surface area contributed by atoms with Crippen molar-refractivity contribution in [3.63, 3.8) is 0 Å². The molecule has 0 aliphatic heterocycles. The van der Waals surface area contributed by atoms with Crippen LogP contribution in [0.3, 0.4) is 0 Å². The Morgan fingerprint density at radius 1 is 1.10 bits per heavy atom. The topological polar surface area (TPSA) is 82.5 Å². The number of nitrogens with zero attached hydrogens (tertiary/aromatic N) is 2. The van der Waals surface area contributed by atoms with Gasteiger partial charge in [-0.2, -0.15) is 0 Å². The Balaban J connectivity index is 1.66. The molecule has 0 bridgehead atoms. The highest BCUT2D eigenvalue weighted by molar-refractivity contribution is 6.31. The minimum Gasteiger partial charge on any atom is -0.507 e. The van der Waals surface area contributed by atoms with E-state index in [1.165, 1.54) is 18.2 Å². The van der Waals surface area contributed by atoms with Crippen molar-refractivity contribution in [1.29, 1.82) is 0 Å². The molecule has 0 aliphatic rings. The normalized spacial score (nSPS) is 10.4. The number of anilines is 1. The lowest BCUT2D eigenvalue weighted by molar-refractivity contribution is 0.0796. The molecule has 0 fully saturated rings. The average Bonchev–Trinajstić information content (AvgIpc) is 2.72. The van der Waals surface area contributed by atoms with Crippen LogP contribution in [0.15, 0.2) is 66.9 Å². The SMILES string of the molecule is CN(CCc1ccccn1)C(=O)c1cccc(NC(=O)c2ccc(Cl)cc2O)c1. The molecule has 7 heteroatoms. The van der Waals surface area contributed by atoms with Gasteiger partial charge in [-0.05, 0) is 48.5 Å². The number of nitrogens with one attached hydrogen (secondary N) is 1. The van der Waals surface area contributed by atoms with Crippen molar-refractivity contribution in [3.05, 3.63) is 88.7 Å². The van der Waals surface area contributed by atoms with Crippen LogP contribution >= 0.6 is 11.6 Å². The number of carbonyl (C=O) groups is 2. The Bertz CT molecular complexity index is 1020. The third kappa shape index (κ3) is 5.33. The van der Waals surface area contributed by atoms with Crippen molar-refractivity contribution in [2.24, 2.45) is 0 Å². The molecule has 3 aromatic rings. The van der Waals surface area contributed by atoms with Crippen LogP contribution in [0.4, 0.5) is 5.69 Å². The maximum absolute atomic E-state index is 12.7. The van der Waals surface area contributed by atoms with Crippen LogP contribution in [0.2, 0.25) is 5.02 Å². The summed E-state index contributed by atoms with van der Waals surface area (Å²) < 4.78 is 0. The Morgan fingerprint density at radius 3 is 2.66 bits per heavy atom. The van der Waals surface area contributed by atoms with Gasteiger partial charge in [-0.25, -0.2) is 0 Å². The minimum atomic E-state index is -0.493. The summed E-state index contributed by atoms with van der Waals surface area (Å²) in [6.07, 6.45) is 2.37. The molecule has 0 aliphatic carbocycles. The smallest absolute Gasteiger partial charge is 0.259 e. The molecule has 0 unspecified atom stereocenters. The highest BCUT2D eigenvalue weighted by atomic mass is 35.5. The number of benzene rings is 2. The van der Waals surface area contributed by atoms with Crippen molar-refractivity contribution in [1.82, 2.24) is 9.88 Å². The van der Waals surface area contributed by atoms with E-state index in [1.807, 2.05) is 18.2 Å². The Morgan fingerprint density at radius 2 is 1.93 bits per heavy atom. The molecule has 2 aromatic carbocycles. The summed E-state index contributed by atoms with van der Waals surface area (Å²) >= 11 is 5.79. The number of aromatic hydroxyl groups is 1. The van der Waals surface area contributed by atoms with Crippen molar-refractivity contribution in [3.8, 4) is 5.75 Å². The third-order valence-electron chi connectivity index (χ3n) is 4.35. The first kappa shape index (κ1) is 20.4. The summed E-state index contributed by atoms with van der Waals surface area (Å²) in [6.45, 7) is 0.519. The molecule has 2 N–H and O–H groups in total. The second-order valence-electron chi connectivity index (χ2n) is 6.49. The first-order chi connectivity index (χ1) is 13.9. The van der Waals surface area contributed by atoms with Crippen LogP contribution in [-0.2, 0) is 6.42 Å². The van der Waals surface area contributed by atoms with Crippen LogP contribution in [0, 0.1) is 0 Å². The minimum absolute atomic E-state index is 0.0959. The molecule has 0 spiro atoms. The Labute approximate surface area is 173 Å². The lowest BCUT2D eigenvalue weighted by Crippen LogP contribution is -2.29. The van der Waals surface area contributed by atoms with E-state index in [9.17, 15) is 14.7 Å². The number of aromatic nitrogens is 1. The quantitative estimate of drug-likeness (QED) is 0.644. The molecule has 1 aromatic heterocycles. The molecule has 0 saturated heterocycles. The Kier molecular flexibility index (Phi) is 6.46. The monoisotopic (exact) mass is 409 g/mol. The van der Waals surface area contributed by atoms with Gasteiger partial charge in [0.05, 0.1) is 5.56 Å². The molecular weight excluding hydrogens is 390 g/mol. The molecular formula is C22H20ClN3O3. The lowest BCUT2D eigenvalue weighted by Gasteiger charge is -2.17. The fourth-order valence-electron chi connectivity index (χ4n) is 2.78. The Hall–Kier alpha value is -3.38. The van der Waals surface area contributed by atoms with Gasteiger partial charge in [0.15, 0.2) is 0 Å². The van der Waals surface area contributed by atoms with Gasteiger partial charge in [-0.15, -0.1) is 0 Å². The molecule has 2 amide bonds. The van der Waals surface area contributed by atoms with Crippen molar-refractivity contribution in [2.75, 3.05) is 18.9 Å². The molecule has 3 rings (SSSR count). The van der Waals surface area contributed by atoms with Gasteiger partial charge < -0.3 is 15.3 Å². The van der Waals surface area contributed by atoms with E-state index in [0.717, 1.165) is 5.69 Å². The van der Waals surface area contributed by atoms with E-state index in [1.54, 1.807) is 42.4 Å². The number of halogens is 1. The average molecular weight is 410 g/mol. The van der Waals surface area contributed by atoms with Gasteiger partial charge in [0.2, 0.25) is 0 Å². The van der Waals surface area contributed by atoms with Crippen LogP contribution in [0.1, 0.15) is 26.4 Å². The second-order valence-corrected chi connectivity index (χ2v) is 6.93. The van der Waals surface area contributed by atoms with E-state index >= 15 is 0 Å². The molecule has 0 saturated carbocycles. The summed E-state index contributed by atoms with van der Waals surface area (Å²) in [7, 11) is 1.72. The van der Waals surface area contributed by atoms with Gasteiger partial charge in [-0.3, -0.25) is 14.6 Å². The highest BCUT2D eigenvalue weighted by Crippen LogP contribution is 2.23. The lowest BCUT2D eigenvalue weighted by atomic mass is 10.1. The van der Waals surface area contributed by atoms with Gasteiger partial charge in [-0.1, -0.05) is 23.7 Å². The number of rotatable bonds is 6. The van der Waals surface area contributed by atoms with Gasteiger partial charge in [0, 0.05) is 48.2 Å². The van der Waals surface area contributed by atoms with Gasteiger partial charge in [0.25, 0.3) is 11.8 Å². The largest absolute Gasteiger partial charge is 0.507 e. The summed E-state index contributed by atoms with van der Waals surface area (Å²) in [5.74, 6) is -0.866. The predicted octanol–water partition coefficient (Wildman–Crippen LogP) is 4.01. The summed E-state index contributed by atoms with van der Waals surface area (Å²) in [5.41, 5.74) is 1.91. The predicted molar refractivity (Wildman–Crippen MR) is 112 cm³/mol. The fourth-order valence-corrected chi connectivity index (χ4v) is 2.94. The van der Waals surface area contributed by atoms with E-state index in [4.69, 9.17) is 11.6 Å². The molecule has 6 nitrogen and oxygen atoms in total. The third-order valence-corrected chi connectivity index (χ3v) is 4.58. The number of carbonyl (C=O) groups excluding carboxylic acids is 2. The highest BCUT2D eigenvalue weighted by Gasteiger charge is 2.15. The number of pyridine rings is 1. The standard InChI is InChI=1S/C22H20ClN3O3/c1-26(12-10-17-6-2-3-11-24-17)22(29)15-5-4-7-18(13-15)25-21(28)19-9-8-16(23)14-20(19)27/h2-9,11,13-14,27H,10,12H2,1H3,(H,25,28). The number of phenolic OH excluding ortho intramolecular Hbond substituents is 1. The number of hydrogen-bond acceptors (Lipinski definition) is 4. The zero-order valence-corrected chi connectivity index (χ0v) is 16.6. The maximum atomic E-state index is 12.7. The maximum Gasteiger partial charge on any atom is 0.259 e. The van der Waals surface area contributed by atoms with E-state index in [2.05, 4.69) is 10.3 Å². The summed E-state index contributed by atoms with van der Waals surface area (Å²) in [6, 6.07) is 16.6. The van der Waals surface area contributed by atoms with Crippen LogP contribution < -0.4 is 5.32 Å². The molecule has 1 heterocycles. The molecule has 0 radical (unpaired) electrons. The number of phenols is 1. The van der Waals surface area contributed by atoms with Crippen molar-refractivity contribution < 1.29 is 14.7 Å². The van der Waals surface area contributed by atoms with E-state index < -0.39 is 5.91 Å². The van der Waals surface area contributed by atoms with Crippen molar-refractivity contribution >= 4 is 29.1 Å². The first-order valence-corrected chi connectivity index (χ1v) is 9.37. The fraction of sp³-hybridized carbons (Fsp3) is 0.136. The summed E-state index contributed by atoms with van der Waals surface area (Å²) in [5, 5.41) is 12.9. The number of hydrogen-bond donors (Lipinski definition) is 2. The zero-order chi connectivity index (χ0) is 20.8. The van der Waals surface area contributed by atoms with Gasteiger partial charge >= 0.3 is 0 Å². The van der Waals surface area contributed by atoms with E-state index in [0.29, 0.717) is 29.2 Å². The molecule has 148 valence electrons. The van der Waals surface area contributed by atoms with Crippen LogP contribution in [0.25, 0.3) is 0 Å². The van der Waals surface area contributed by atoms with Gasteiger partial charge in [0.1, 0.15) is 5.75 Å². The molecule has 0 atom stereocenters. The first-order valence-electron chi connectivity index (χ1n) is 8.99. The summed E-state index contributed by atoms with van der Waals surface area (Å²) in [4.78, 5) is 31.0.